The van der Waals surface area contributed by atoms with Gasteiger partial charge in [0.25, 0.3) is 0 Å². The minimum Gasteiger partial charge on any atom is -0.472 e. The summed E-state index contributed by atoms with van der Waals surface area (Å²) in [6.07, 6.45) is 5.20. The van der Waals surface area contributed by atoms with Gasteiger partial charge in [0, 0.05) is 25.2 Å². The Morgan fingerprint density at radius 1 is 1.37 bits per heavy atom. The minimum absolute atomic E-state index is 0. The molecule has 1 N–H and O–H groups in total. The molecule has 0 aromatic carbocycles. The molecule has 19 heavy (non-hydrogen) atoms. The van der Waals surface area contributed by atoms with Gasteiger partial charge >= 0.3 is 0 Å². The van der Waals surface area contributed by atoms with Crippen molar-refractivity contribution in [1.29, 1.82) is 0 Å². The Balaban J connectivity index is 0.000000902. The lowest BCUT2D eigenvalue weighted by molar-refractivity contribution is -0.0153. The molecule has 0 saturated carbocycles. The third kappa shape index (κ3) is 3.96. The van der Waals surface area contributed by atoms with E-state index in [9.17, 15) is 0 Å². The molecule has 6 heteroatoms. The zero-order valence-electron chi connectivity index (χ0n) is 10.7. The number of hydrogen-bond donors (Lipinski definition) is 1. The Kier molecular flexibility index (Phi) is 6.33. The van der Waals surface area contributed by atoms with Crippen LogP contribution in [0.1, 0.15) is 19.3 Å². The molecule has 1 aromatic rings. The highest BCUT2D eigenvalue weighted by Gasteiger charge is 2.42. The number of rotatable bonds is 2. The standard InChI is InChI=1S/C13H18N2O2.2ClH/c1-2-7-15-12(4-1)17-11-8-13(16-9-11)5-3-6-14-10-13;;/h1-2,4,7,11,14H,3,5-6,8-10H2;2*1H/t11-,13-;;/m1../s1. The van der Waals surface area contributed by atoms with Crippen molar-refractivity contribution in [3.63, 3.8) is 0 Å². The van der Waals surface area contributed by atoms with Gasteiger partial charge in [0.1, 0.15) is 6.10 Å². The summed E-state index contributed by atoms with van der Waals surface area (Å²) in [5, 5.41) is 3.41. The van der Waals surface area contributed by atoms with E-state index >= 15 is 0 Å². The van der Waals surface area contributed by atoms with Crippen LogP contribution in [0.4, 0.5) is 0 Å². The van der Waals surface area contributed by atoms with Crippen molar-refractivity contribution in [3.05, 3.63) is 24.4 Å². The van der Waals surface area contributed by atoms with Gasteiger partial charge in [-0.05, 0) is 25.5 Å². The van der Waals surface area contributed by atoms with Crippen LogP contribution in [0.5, 0.6) is 5.88 Å². The Morgan fingerprint density at radius 3 is 2.95 bits per heavy atom. The average Bonchev–Trinajstić information content (AvgIpc) is 2.74. The fraction of sp³-hybridized carbons (Fsp3) is 0.615. The van der Waals surface area contributed by atoms with E-state index < -0.39 is 0 Å². The first-order chi connectivity index (χ1) is 8.36. The van der Waals surface area contributed by atoms with Crippen LogP contribution in [0, 0.1) is 0 Å². The number of halogens is 2. The molecule has 0 radical (unpaired) electrons. The number of nitrogens with zero attached hydrogens (tertiary/aromatic N) is 1. The third-order valence-corrected chi connectivity index (χ3v) is 3.53. The summed E-state index contributed by atoms with van der Waals surface area (Å²) in [7, 11) is 0. The van der Waals surface area contributed by atoms with Gasteiger partial charge < -0.3 is 14.8 Å². The van der Waals surface area contributed by atoms with E-state index in [0.29, 0.717) is 12.5 Å². The molecule has 3 rings (SSSR count). The molecule has 2 atom stereocenters. The van der Waals surface area contributed by atoms with Crippen LogP contribution in [0.2, 0.25) is 0 Å². The predicted octanol–water partition coefficient (Wildman–Crippen LogP) is 2.22. The zero-order chi connectivity index (χ0) is 11.6. The molecule has 2 aliphatic rings. The molecule has 0 unspecified atom stereocenters. The highest BCUT2D eigenvalue weighted by atomic mass is 35.5. The molecular formula is C13H20Cl2N2O2. The fourth-order valence-corrected chi connectivity index (χ4v) is 2.70. The Bertz CT molecular complexity index is 372. The normalized spacial score (nSPS) is 29.4. The largest absolute Gasteiger partial charge is 0.472 e. The van der Waals surface area contributed by atoms with Gasteiger partial charge in [-0.25, -0.2) is 4.98 Å². The molecule has 3 heterocycles. The van der Waals surface area contributed by atoms with Crippen molar-refractivity contribution >= 4 is 24.8 Å². The number of ether oxygens (including phenoxy) is 2. The number of nitrogens with one attached hydrogen (secondary N) is 1. The molecule has 1 aromatic heterocycles. The van der Waals surface area contributed by atoms with Crippen LogP contribution in [0.25, 0.3) is 0 Å². The van der Waals surface area contributed by atoms with Gasteiger partial charge in [-0.3, -0.25) is 0 Å². The number of piperidine rings is 1. The second kappa shape index (κ2) is 7.29. The van der Waals surface area contributed by atoms with Crippen LogP contribution in [0.3, 0.4) is 0 Å². The van der Waals surface area contributed by atoms with Crippen molar-refractivity contribution < 1.29 is 9.47 Å². The maximum atomic E-state index is 5.95. The monoisotopic (exact) mass is 306 g/mol. The van der Waals surface area contributed by atoms with E-state index in [1.807, 2.05) is 18.2 Å². The molecule has 0 aliphatic carbocycles. The molecule has 0 bridgehead atoms. The molecule has 4 nitrogen and oxygen atoms in total. The van der Waals surface area contributed by atoms with Crippen molar-refractivity contribution in [2.45, 2.75) is 31.0 Å². The molecule has 0 amide bonds. The minimum atomic E-state index is 0. The molecular weight excluding hydrogens is 287 g/mol. The van der Waals surface area contributed by atoms with E-state index in [-0.39, 0.29) is 36.5 Å². The van der Waals surface area contributed by atoms with Crippen LogP contribution in [-0.4, -0.2) is 36.4 Å². The topological polar surface area (TPSA) is 43.4 Å². The summed E-state index contributed by atoms with van der Waals surface area (Å²) in [6, 6.07) is 5.73. The summed E-state index contributed by atoms with van der Waals surface area (Å²) < 4.78 is 11.8. The predicted molar refractivity (Wildman–Crippen MR) is 78.6 cm³/mol. The van der Waals surface area contributed by atoms with Crippen LogP contribution >= 0.6 is 24.8 Å². The first-order valence-electron chi connectivity index (χ1n) is 6.29. The lowest BCUT2D eigenvalue weighted by Gasteiger charge is -2.32. The zero-order valence-corrected chi connectivity index (χ0v) is 12.3. The van der Waals surface area contributed by atoms with E-state index in [1.54, 1.807) is 6.20 Å². The number of hydrogen-bond acceptors (Lipinski definition) is 4. The number of aromatic nitrogens is 1. The Labute approximate surface area is 126 Å². The van der Waals surface area contributed by atoms with Crippen molar-refractivity contribution in [2.24, 2.45) is 0 Å². The molecule has 2 fully saturated rings. The maximum absolute atomic E-state index is 5.95. The van der Waals surface area contributed by atoms with Gasteiger partial charge in [-0.15, -0.1) is 24.8 Å². The average molecular weight is 307 g/mol. The summed E-state index contributed by atoms with van der Waals surface area (Å²) >= 11 is 0. The third-order valence-electron chi connectivity index (χ3n) is 3.53. The van der Waals surface area contributed by atoms with Gasteiger partial charge in [0.2, 0.25) is 5.88 Å². The Hall–Kier alpha value is -0.550. The van der Waals surface area contributed by atoms with Crippen molar-refractivity contribution in [1.82, 2.24) is 10.3 Å². The molecule has 2 aliphatic heterocycles. The van der Waals surface area contributed by atoms with Gasteiger partial charge in [-0.1, -0.05) is 6.07 Å². The van der Waals surface area contributed by atoms with Crippen LogP contribution < -0.4 is 10.1 Å². The quantitative estimate of drug-likeness (QED) is 0.910. The summed E-state index contributed by atoms with van der Waals surface area (Å²) in [6.45, 7) is 2.74. The van der Waals surface area contributed by atoms with Gasteiger partial charge in [0.05, 0.1) is 12.2 Å². The molecule has 2 saturated heterocycles. The van der Waals surface area contributed by atoms with E-state index in [2.05, 4.69) is 10.3 Å². The number of pyridine rings is 1. The fourth-order valence-electron chi connectivity index (χ4n) is 2.70. The van der Waals surface area contributed by atoms with E-state index in [1.165, 1.54) is 6.42 Å². The lowest BCUT2D eigenvalue weighted by Crippen LogP contribution is -2.45. The summed E-state index contributed by atoms with van der Waals surface area (Å²) in [5.41, 5.74) is 0.0116. The van der Waals surface area contributed by atoms with Crippen LogP contribution in [0.15, 0.2) is 24.4 Å². The highest BCUT2D eigenvalue weighted by molar-refractivity contribution is 5.85. The highest BCUT2D eigenvalue weighted by Crippen LogP contribution is 2.33. The van der Waals surface area contributed by atoms with E-state index in [4.69, 9.17) is 9.47 Å². The van der Waals surface area contributed by atoms with Gasteiger partial charge in [0.15, 0.2) is 0 Å². The molecule has 108 valence electrons. The van der Waals surface area contributed by atoms with Crippen molar-refractivity contribution in [3.8, 4) is 5.88 Å². The summed E-state index contributed by atoms with van der Waals surface area (Å²) in [5.74, 6) is 0.696. The second-order valence-electron chi connectivity index (χ2n) is 4.89. The maximum Gasteiger partial charge on any atom is 0.213 e. The first-order valence-corrected chi connectivity index (χ1v) is 6.29. The van der Waals surface area contributed by atoms with Gasteiger partial charge in [-0.2, -0.15) is 0 Å². The SMILES string of the molecule is Cl.Cl.c1ccc(O[C@H]2CO[C@]3(CCCNC3)C2)nc1. The Morgan fingerprint density at radius 2 is 2.26 bits per heavy atom. The van der Waals surface area contributed by atoms with E-state index in [0.717, 1.165) is 25.9 Å². The molecule has 1 spiro atoms. The lowest BCUT2D eigenvalue weighted by atomic mass is 9.90. The second-order valence-corrected chi connectivity index (χ2v) is 4.89. The first kappa shape index (κ1) is 16.5. The summed E-state index contributed by atoms with van der Waals surface area (Å²) in [4.78, 5) is 4.18. The van der Waals surface area contributed by atoms with Crippen molar-refractivity contribution in [2.75, 3.05) is 19.7 Å². The smallest absolute Gasteiger partial charge is 0.213 e. The van der Waals surface area contributed by atoms with Crippen LogP contribution in [-0.2, 0) is 4.74 Å².